The summed E-state index contributed by atoms with van der Waals surface area (Å²) in [7, 11) is 1.75. The number of aromatic amines is 2. The fraction of sp³-hybridized carbons (Fsp3) is 0.161. The number of H-pyrrole nitrogens is 2. The molecule has 28 nitrogen and oxygen atoms in total. The number of halogens is 11. The van der Waals surface area contributed by atoms with Crippen molar-refractivity contribution in [3.8, 4) is 44.9 Å². The minimum atomic E-state index is -1.50. The van der Waals surface area contributed by atoms with Crippen molar-refractivity contribution in [2.24, 2.45) is 0 Å². The highest BCUT2D eigenvalue weighted by molar-refractivity contribution is 9.10. The zero-order valence-electron chi connectivity index (χ0n) is 71.4. The van der Waals surface area contributed by atoms with Gasteiger partial charge in [-0.1, -0.05) is 278 Å². The van der Waals surface area contributed by atoms with Crippen molar-refractivity contribution in [1.29, 1.82) is 0 Å². The number of carboxylic acids is 1. The van der Waals surface area contributed by atoms with Crippen LogP contribution in [0.2, 0.25) is 40.2 Å². The maximum atomic E-state index is 12.5. The quantitative estimate of drug-likeness (QED) is 0.00874. The van der Waals surface area contributed by atoms with E-state index in [1.807, 2.05) is 188 Å². The second-order valence-corrected chi connectivity index (χ2v) is 33.6. The number of aromatic carboxylic acids is 1. The molecule has 0 amide bonds. The molecule has 0 aliphatic rings. The van der Waals surface area contributed by atoms with E-state index < -0.39 is 31.0 Å². The summed E-state index contributed by atoms with van der Waals surface area (Å²) in [6, 6.07) is 76.1. The Morgan fingerprint density at radius 1 is 0.376 bits per heavy atom. The first-order valence-corrected chi connectivity index (χ1v) is 46.0. The maximum Gasteiger partial charge on any atom is 0.488 e. The number of aromatic nitrogens is 12. The normalized spacial score (nSPS) is 10.5. The van der Waals surface area contributed by atoms with Gasteiger partial charge in [0.05, 0.1) is 87.3 Å². The first-order chi connectivity index (χ1) is 64.1. The Kier molecular flexibility index (Phi) is 41.0. The van der Waals surface area contributed by atoms with Crippen LogP contribution in [-0.4, -0.2) is 141 Å². The number of methoxy groups -OCH3 is 2. The molecule has 0 aliphatic heterocycles. The van der Waals surface area contributed by atoms with E-state index in [1.54, 1.807) is 68.6 Å². The van der Waals surface area contributed by atoms with E-state index in [1.165, 1.54) is 23.8 Å². The second-order valence-electron chi connectivity index (χ2n) is 27.9. The van der Waals surface area contributed by atoms with E-state index in [-0.39, 0.29) is 48.4 Å². The molecule has 15 rings (SSSR count). The lowest BCUT2D eigenvalue weighted by Crippen LogP contribution is -2.29. The summed E-state index contributed by atoms with van der Waals surface area (Å²) in [5, 5.41) is 80.1. The lowest BCUT2D eigenvalue weighted by atomic mass is 9.80. The SMILES string of the molecule is BrCc1cccc(Br)c1.CCOC(=O)c1n[nH]nc1NCc1cccc(-c2ccc(Cl)c(Cl)c2)c1.CCOC(=O)c1nnn(Cc2ccc(OC)cc2)c1NCc1cccc(-c2ccc(Cl)c(Cl)c2)c1.CCOC(=O)c1nnn(Cc2ccc(OC)cc2)c1NCc1cccc(Br)c1.O=C(O)c1n[nH]nc1NCc1cccc(-c2ccc(Cl)c(Cl)c2)c1.OB(O)c1ccc(Cl)c(Cl)c1. The standard InChI is InChI=1S/C26H24Cl2N4O3.C20H21BrN4O3.C18H16Cl2N4O2.C16H12Cl2N4O2.C7H6Br2.C6H5BCl2O2/c1-3-35-26(33)24-25(32(31-30-24)16-17-7-10-21(34-2)11-8-17)29-15-18-5-4-6-19(13-18)20-9-12-22(27)23(28)14-20;1-3-28-20(26)18-19(22-12-15-5-4-6-16(21)11-15)25(24-23-18)13-14-7-9-17(27-2)10-8-14;1-2-26-18(25)16-17(23-24-22-16)21-10-11-4-3-5-12(8-11)13-6-7-14(19)15(20)9-13;17-12-5-4-11(7-13(12)18)10-3-1-2-9(6-10)8-19-15-14(16(23)24)20-22-21-15;8-5-6-2-1-3-7(9)4-6;8-5-2-1-4(7(10)11)3-6(5)9/h4-14,29H,3,15-16H2,1-2H3;4-11,22H,3,12-13H2,1-2H3;3-9H,2,10H2,1H3,(H2,21,22,23,24);1-7H,8H2,(H,23,24)(H2,19,20,21,22);1-4H,5H2;1-3,10-11H. The minimum Gasteiger partial charge on any atom is -0.497 e. The summed E-state index contributed by atoms with van der Waals surface area (Å²) >= 11 is 57.7. The van der Waals surface area contributed by atoms with Crippen LogP contribution >= 0.6 is 141 Å². The minimum absolute atomic E-state index is 0.132. The Balaban J connectivity index is 0.000000173. The van der Waals surface area contributed by atoms with Crippen molar-refractivity contribution in [2.75, 3.05) is 55.3 Å². The number of nitrogens with zero attached hydrogens (tertiary/aromatic N) is 10. The number of alkyl halides is 1. The van der Waals surface area contributed by atoms with E-state index in [0.29, 0.717) is 102 Å². The van der Waals surface area contributed by atoms with Gasteiger partial charge in [-0.2, -0.15) is 10.4 Å². The third-order valence-electron chi connectivity index (χ3n) is 18.7. The molecular weight excluding hydrogens is 2070 g/mol. The number of hydrogen-bond donors (Lipinski definition) is 9. The number of rotatable bonds is 30. The molecule has 15 aromatic rings. The Labute approximate surface area is 831 Å². The molecule has 11 aromatic carbocycles. The van der Waals surface area contributed by atoms with Crippen molar-refractivity contribution in [2.45, 2.75) is 65.4 Å². The molecular formula is C93H84BBr3Cl8N16O12. The molecule has 0 saturated heterocycles. The number of hydrogen-bond acceptors (Lipinski definition) is 23. The van der Waals surface area contributed by atoms with E-state index in [9.17, 15) is 19.2 Å². The van der Waals surface area contributed by atoms with Gasteiger partial charge >= 0.3 is 31.0 Å². The molecule has 4 heterocycles. The zero-order valence-corrected chi connectivity index (χ0v) is 82.2. The van der Waals surface area contributed by atoms with Crippen LogP contribution in [0.3, 0.4) is 0 Å². The number of carbonyl (C=O) groups excluding carboxylic acids is 3. The lowest BCUT2D eigenvalue weighted by molar-refractivity contribution is 0.0511. The summed E-state index contributed by atoms with van der Waals surface area (Å²) in [5.41, 5.74) is 13.8. The lowest BCUT2D eigenvalue weighted by Gasteiger charge is -2.12. The molecule has 0 atom stereocenters. The molecule has 688 valence electrons. The van der Waals surface area contributed by atoms with Crippen molar-refractivity contribution >= 4 is 200 Å². The van der Waals surface area contributed by atoms with Crippen LogP contribution in [0.15, 0.2) is 252 Å². The smallest absolute Gasteiger partial charge is 0.488 e. The van der Waals surface area contributed by atoms with Gasteiger partial charge in [-0.25, -0.2) is 28.5 Å². The van der Waals surface area contributed by atoms with Crippen LogP contribution in [0.1, 0.15) is 102 Å². The van der Waals surface area contributed by atoms with Crippen LogP contribution in [0.4, 0.5) is 23.3 Å². The highest BCUT2D eigenvalue weighted by Gasteiger charge is 2.25. The topological polar surface area (TPSA) is 368 Å². The van der Waals surface area contributed by atoms with Gasteiger partial charge in [-0.05, 0) is 214 Å². The van der Waals surface area contributed by atoms with Gasteiger partial charge in [0.2, 0.25) is 22.8 Å². The number of benzene rings is 11. The summed E-state index contributed by atoms with van der Waals surface area (Å²) in [6.07, 6.45) is 0. The largest absolute Gasteiger partial charge is 0.497 e. The molecule has 4 aromatic heterocycles. The van der Waals surface area contributed by atoms with Crippen LogP contribution in [-0.2, 0) is 58.8 Å². The van der Waals surface area contributed by atoms with Gasteiger partial charge in [0, 0.05) is 40.5 Å². The number of nitrogens with one attached hydrogen (secondary N) is 6. The fourth-order valence-electron chi connectivity index (χ4n) is 12.2. The Bertz CT molecular complexity index is 6410. The Morgan fingerprint density at radius 3 is 1.05 bits per heavy atom. The molecule has 9 N–H and O–H groups in total. The molecule has 0 unspecified atom stereocenters. The number of ether oxygens (including phenoxy) is 5. The number of esters is 3. The summed E-state index contributed by atoms with van der Waals surface area (Å²) < 4.78 is 31.1. The van der Waals surface area contributed by atoms with Crippen molar-refractivity contribution in [3.63, 3.8) is 0 Å². The molecule has 0 radical (unpaired) electrons. The molecule has 0 fully saturated rings. The predicted molar refractivity (Wildman–Crippen MR) is 534 cm³/mol. The number of carboxylic acid groups (broad SMARTS) is 1. The number of carbonyl (C=O) groups is 4. The summed E-state index contributed by atoms with van der Waals surface area (Å²) in [6.45, 7) is 8.74. The van der Waals surface area contributed by atoms with Crippen LogP contribution in [0.25, 0.3) is 33.4 Å². The van der Waals surface area contributed by atoms with Gasteiger partial charge in [-0.3, -0.25) is 0 Å². The van der Waals surface area contributed by atoms with E-state index in [0.717, 1.165) is 92.5 Å². The summed E-state index contributed by atoms with van der Waals surface area (Å²) in [4.78, 5) is 47.6. The van der Waals surface area contributed by atoms with Crippen LogP contribution in [0.5, 0.6) is 11.5 Å². The van der Waals surface area contributed by atoms with Gasteiger partial charge in [0.15, 0.2) is 23.3 Å². The average molecular weight is 2150 g/mol. The van der Waals surface area contributed by atoms with Crippen molar-refractivity contribution < 1.29 is 58.0 Å². The Morgan fingerprint density at radius 2 is 0.707 bits per heavy atom. The van der Waals surface area contributed by atoms with E-state index in [4.69, 9.17) is 132 Å². The molecule has 133 heavy (non-hydrogen) atoms. The molecule has 0 aliphatic carbocycles. The monoisotopic (exact) mass is 2140 g/mol. The molecule has 40 heteroatoms. The predicted octanol–water partition coefficient (Wildman–Crippen LogP) is 22.7. The van der Waals surface area contributed by atoms with E-state index >= 15 is 0 Å². The third-order valence-corrected chi connectivity index (χ3v) is 23.3. The van der Waals surface area contributed by atoms with Crippen molar-refractivity contribution in [1.82, 2.24) is 60.8 Å². The average Bonchev–Trinajstić information content (AvgIpc) is 1.64. The Hall–Kier alpha value is -11.6. The highest BCUT2D eigenvalue weighted by atomic mass is 79.9. The second kappa shape index (κ2) is 52.7. The van der Waals surface area contributed by atoms with Crippen molar-refractivity contribution in [3.05, 3.63) is 354 Å². The zero-order chi connectivity index (χ0) is 95.5. The summed E-state index contributed by atoms with van der Waals surface area (Å²) in [5.74, 6) is 0.409. The molecule has 0 saturated carbocycles. The molecule has 0 bridgehead atoms. The fourth-order valence-corrected chi connectivity index (χ4v) is 14.6. The van der Waals surface area contributed by atoms with Gasteiger partial charge in [0.1, 0.15) is 11.5 Å². The highest BCUT2D eigenvalue weighted by Crippen LogP contribution is 2.34. The molecule has 0 spiro atoms. The number of anilines is 4. The first-order valence-electron chi connectivity index (χ1n) is 40.3. The van der Waals surface area contributed by atoms with Gasteiger partial charge in [0.25, 0.3) is 0 Å². The van der Waals surface area contributed by atoms with Crippen LogP contribution < -0.4 is 36.2 Å². The third kappa shape index (κ3) is 31.5. The van der Waals surface area contributed by atoms with E-state index in [2.05, 4.69) is 133 Å². The maximum absolute atomic E-state index is 12.5. The van der Waals surface area contributed by atoms with Gasteiger partial charge < -0.3 is 60.1 Å². The van der Waals surface area contributed by atoms with Gasteiger partial charge in [-0.15, -0.1) is 30.6 Å². The van der Waals surface area contributed by atoms with Crippen LogP contribution in [0, 0.1) is 0 Å². The first kappa shape index (κ1) is 103.